The first kappa shape index (κ1) is 15.9. The van der Waals surface area contributed by atoms with Crippen molar-refractivity contribution < 1.29 is 19.4 Å². The number of methoxy groups -OCH3 is 1. The van der Waals surface area contributed by atoms with E-state index in [1.54, 1.807) is 4.90 Å². The van der Waals surface area contributed by atoms with Gasteiger partial charge in [0.25, 0.3) is 0 Å². The Morgan fingerprint density at radius 2 is 2.26 bits per heavy atom. The van der Waals surface area contributed by atoms with Gasteiger partial charge >= 0.3 is 0 Å². The first-order valence-electron chi connectivity index (χ1n) is 6.74. The van der Waals surface area contributed by atoms with Crippen LogP contribution >= 0.6 is 0 Å². The minimum atomic E-state index is -0.551. The molecule has 0 aliphatic carbocycles. The van der Waals surface area contributed by atoms with Crippen LogP contribution in [0.5, 0.6) is 0 Å². The van der Waals surface area contributed by atoms with Crippen LogP contribution in [0.25, 0.3) is 0 Å². The van der Waals surface area contributed by atoms with Crippen LogP contribution in [0.15, 0.2) is 0 Å². The molecule has 6 nitrogen and oxygen atoms in total. The molecule has 1 fully saturated rings. The SMILES string of the molecule is COCC(O)CCNC(=O)C1CCCN(C(C)=O)C1. The topological polar surface area (TPSA) is 78.9 Å². The van der Waals surface area contributed by atoms with Crippen LogP contribution in [0.3, 0.4) is 0 Å². The molecule has 0 aromatic heterocycles. The maximum atomic E-state index is 11.9. The molecule has 1 rings (SSSR count). The second-order valence-corrected chi connectivity index (χ2v) is 4.99. The highest BCUT2D eigenvalue weighted by molar-refractivity contribution is 5.80. The number of aliphatic hydroxyl groups is 1. The number of rotatable bonds is 6. The Labute approximate surface area is 114 Å². The number of hydrogen-bond donors (Lipinski definition) is 2. The summed E-state index contributed by atoms with van der Waals surface area (Å²) in [5.74, 6) is -0.138. The van der Waals surface area contributed by atoms with Gasteiger partial charge in [0, 0.05) is 33.7 Å². The van der Waals surface area contributed by atoms with Gasteiger partial charge in [-0.15, -0.1) is 0 Å². The number of likely N-dealkylation sites (tertiary alicyclic amines) is 1. The van der Waals surface area contributed by atoms with Crippen LogP contribution in [-0.4, -0.2) is 61.3 Å². The third kappa shape index (κ3) is 5.57. The van der Waals surface area contributed by atoms with Gasteiger partial charge in [-0.2, -0.15) is 0 Å². The third-order valence-corrected chi connectivity index (χ3v) is 3.37. The van der Waals surface area contributed by atoms with Crippen LogP contribution in [0.4, 0.5) is 0 Å². The van der Waals surface area contributed by atoms with Crippen molar-refractivity contribution in [2.45, 2.75) is 32.3 Å². The van der Waals surface area contributed by atoms with Gasteiger partial charge in [0.1, 0.15) is 0 Å². The fourth-order valence-electron chi connectivity index (χ4n) is 2.26. The Bertz CT molecular complexity index is 309. The van der Waals surface area contributed by atoms with Crippen LogP contribution in [0.1, 0.15) is 26.2 Å². The number of piperidine rings is 1. The van der Waals surface area contributed by atoms with Crippen molar-refractivity contribution in [1.82, 2.24) is 10.2 Å². The number of aliphatic hydroxyl groups excluding tert-OH is 1. The minimum Gasteiger partial charge on any atom is -0.391 e. The molecular weight excluding hydrogens is 248 g/mol. The van der Waals surface area contributed by atoms with E-state index in [1.807, 2.05) is 0 Å². The standard InChI is InChI=1S/C13H24N2O4/c1-10(16)15-7-3-4-11(8-15)13(18)14-6-5-12(17)9-19-2/h11-12,17H,3-9H2,1-2H3,(H,14,18). The van der Waals surface area contributed by atoms with Gasteiger partial charge in [0.05, 0.1) is 18.6 Å². The van der Waals surface area contributed by atoms with Gasteiger partial charge < -0.3 is 20.1 Å². The Hall–Kier alpha value is -1.14. The Balaban J connectivity index is 2.27. The number of hydrogen-bond acceptors (Lipinski definition) is 4. The summed E-state index contributed by atoms with van der Waals surface area (Å²) in [4.78, 5) is 24.9. The fourth-order valence-corrected chi connectivity index (χ4v) is 2.26. The molecule has 110 valence electrons. The van der Waals surface area contributed by atoms with E-state index in [0.29, 0.717) is 19.5 Å². The van der Waals surface area contributed by atoms with E-state index in [4.69, 9.17) is 4.74 Å². The first-order valence-corrected chi connectivity index (χ1v) is 6.74. The largest absolute Gasteiger partial charge is 0.391 e. The highest BCUT2D eigenvalue weighted by atomic mass is 16.5. The van der Waals surface area contributed by atoms with E-state index in [9.17, 15) is 14.7 Å². The summed E-state index contributed by atoms with van der Waals surface area (Å²) in [6, 6.07) is 0. The van der Waals surface area contributed by atoms with Crippen molar-refractivity contribution >= 4 is 11.8 Å². The van der Waals surface area contributed by atoms with E-state index < -0.39 is 6.10 Å². The molecule has 0 bridgehead atoms. The molecule has 1 heterocycles. The number of ether oxygens (including phenoxy) is 1. The van der Waals surface area contributed by atoms with E-state index in [0.717, 1.165) is 19.4 Å². The van der Waals surface area contributed by atoms with Crippen LogP contribution < -0.4 is 5.32 Å². The molecular formula is C13H24N2O4. The molecule has 19 heavy (non-hydrogen) atoms. The highest BCUT2D eigenvalue weighted by Crippen LogP contribution is 2.16. The number of carbonyl (C=O) groups is 2. The summed E-state index contributed by atoms with van der Waals surface area (Å²) in [5.41, 5.74) is 0. The van der Waals surface area contributed by atoms with Gasteiger partial charge in [-0.05, 0) is 19.3 Å². The predicted octanol–water partition coefficient (Wildman–Crippen LogP) is -0.241. The molecule has 0 aromatic rings. The first-order chi connectivity index (χ1) is 9.04. The number of nitrogens with one attached hydrogen (secondary N) is 1. The molecule has 1 aliphatic heterocycles. The summed E-state index contributed by atoms with van der Waals surface area (Å²) in [7, 11) is 1.53. The molecule has 0 saturated carbocycles. The molecule has 0 spiro atoms. The summed E-state index contributed by atoms with van der Waals surface area (Å²) < 4.78 is 4.81. The molecule has 0 radical (unpaired) electrons. The van der Waals surface area contributed by atoms with Crippen molar-refractivity contribution in [1.29, 1.82) is 0 Å². The highest BCUT2D eigenvalue weighted by Gasteiger charge is 2.26. The summed E-state index contributed by atoms with van der Waals surface area (Å²) >= 11 is 0. The number of carbonyl (C=O) groups excluding carboxylic acids is 2. The normalized spacial score (nSPS) is 21.0. The molecule has 6 heteroatoms. The van der Waals surface area contributed by atoms with Crippen LogP contribution in [0, 0.1) is 5.92 Å². The molecule has 1 aliphatic rings. The predicted molar refractivity (Wildman–Crippen MR) is 70.5 cm³/mol. The van der Waals surface area contributed by atoms with Gasteiger partial charge in [0.2, 0.25) is 11.8 Å². The zero-order valence-corrected chi connectivity index (χ0v) is 11.7. The Morgan fingerprint density at radius 1 is 1.53 bits per heavy atom. The smallest absolute Gasteiger partial charge is 0.224 e. The fraction of sp³-hybridized carbons (Fsp3) is 0.846. The monoisotopic (exact) mass is 272 g/mol. The zero-order valence-electron chi connectivity index (χ0n) is 11.7. The second-order valence-electron chi connectivity index (χ2n) is 4.99. The average molecular weight is 272 g/mol. The van der Waals surface area contributed by atoms with Crippen molar-refractivity contribution in [3.63, 3.8) is 0 Å². The van der Waals surface area contributed by atoms with Crippen molar-refractivity contribution in [2.75, 3.05) is 33.4 Å². The van der Waals surface area contributed by atoms with E-state index in [1.165, 1.54) is 14.0 Å². The van der Waals surface area contributed by atoms with E-state index >= 15 is 0 Å². The van der Waals surface area contributed by atoms with Crippen molar-refractivity contribution in [3.05, 3.63) is 0 Å². The molecule has 2 atom stereocenters. The Kier molecular flexibility index (Phi) is 6.80. The van der Waals surface area contributed by atoms with Gasteiger partial charge in [0.15, 0.2) is 0 Å². The lowest BCUT2D eigenvalue weighted by molar-refractivity contribution is -0.133. The summed E-state index contributed by atoms with van der Waals surface area (Å²) in [6.45, 7) is 3.48. The van der Waals surface area contributed by atoms with Gasteiger partial charge in [-0.1, -0.05) is 0 Å². The van der Waals surface area contributed by atoms with Crippen LogP contribution in [0.2, 0.25) is 0 Å². The number of nitrogens with zero attached hydrogens (tertiary/aromatic N) is 1. The van der Waals surface area contributed by atoms with E-state index in [2.05, 4.69) is 5.32 Å². The zero-order chi connectivity index (χ0) is 14.3. The molecule has 2 N–H and O–H groups in total. The molecule has 1 saturated heterocycles. The lowest BCUT2D eigenvalue weighted by Gasteiger charge is -2.31. The van der Waals surface area contributed by atoms with Gasteiger partial charge in [-0.3, -0.25) is 9.59 Å². The number of amides is 2. The molecule has 2 unspecified atom stereocenters. The summed E-state index contributed by atoms with van der Waals surface area (Å²) in [6.07, 6.45) is 1.61. The lowest BCUT2D eigenvalue weighted by atomic mass is 9.97. The minimum absolute atomic E-state index is 0.0213. The summed E-state index contributed by atoms with van der Waals surface area (Å²) in [5, 5.41) is 12.3. The van der Waals surface area contributed by atoms with E-state index in [-0.39, 0.29) is 24.3 Å². The van der Waals surface area contributed by atoms with Crippen molar-refractivity contribution in [3.8, 4) is 0 Å². The lowest BCUT2D eigenvalue weighted by Crippen LogP contribution is -2.45. The van der Waals surface area contributed by atoms with Crippen LogP contribution in [-0.2, 0) is 14.3 Å². The van der Waals surface area contributed by atoms with Crippen molar-refractivity contribution in [2.24, 2.45) is 5.92 Å². The second kappa shape index (κ2) is 8.12. The average Bonchev–Trinajstić information content (AvgIpc) is 2.39. The quantitative estimate of drug-likeness (QED) is 0.699. The third-order valence-electron chi connectivity index (χ3n) is 3.37. The maximum Gasteiger partial charge on any atom is 0.224 e. The Morgan fingerprint density at radius 3 is 2.89 bits per heavy atom. The van der Waals surface area contributed by atoms with Gasteiger partial charge in [-0.25, -0.2) is 0 Å². The molecule has 0 aromatic carbocycles. The molecule has 2 amide bonds. The maximum absolute atomic E-state index is 11.9.